The fraction of sp³-hybridized carbons (Fsp3) is 0.0909. The number of aliphatic hydroxyl groups excluding tert-OH is 1. The summed E-state index contributed by atoms with van der Waals surface area (Å²) in [6, 6.07) is 13.2. The Morgan fingerprint density at radius 2 is 1.76 bits per heavy atom. The summed E-state index contributed by atoms with van der Waals surface area (Å²) in [6.07, 6.45) is 0. The smallest absolute Gasteiger partial charge is 0.294 e. The predicted octanol–water partition coefficient (Wildman–Crippen LogP) is 4.25. The van der Waals surface area contributed by atoms with Crippen LogP contribution < -0.4 is 4.90 Å². The molecule has 7 heteroatoms. The van der Waals surface area contributed by atoms with Crippen molar-refractivity contribution in [2.45, 2.75) is 13.0 Å². The number of aliphatic hydroxyl groups is 1. The number of carbonyl (C=O) groups excluding carboxylic acids is 2. The molecule has 0 fully saturated rings. The van der Waals surface area contributed by atoms with Crippen LogP contribution in [-0.4, -0.2) is 27.0 Å². The van der Waals surface area contributed by atoms with E-state index in [2.05, 4.69) is 0 Å². The zero-order valence-corrected chi connectivity index (χ0v) is 16.2. The third-order valence-electron chi connectivity index (χ3n) is 4.80. The van der Waals surface area contributed by atoms with Crippen molar-refractivity contribution in [1.82, 2.24) is 0 Å². The number of thiophene rings is 1. The Kier molecular flexibility index (Phi) is 4.60. The number of phenolic OH excluding ortho intramolecular Hbond substituents is 2. The van der Waals surface area contributed by atoms with Crippen molar-refractivity contribution in [3.63, 3.8) is 0 Å². The van der Waals surface area contributed by atoms with Crippen molar-refractivity contribution < 1.29 is 24.9 Å². The Hall–Kier alpha value is -3.58. The van der Waals surface area contributed by atoms with Gasteiger partial charge < -0.3 is 15.3 Å². The van der Waals surface area contributed by atoms with Crippen LogP contribution in [0.15, 0.2) is 71.3 Å². The second kappa shape index (κ2) is 7.10. The molecule has 2 aromatic carbocycles. The van der Waals surface area contributed by atoms with Crippen molar-refractivity contribution in [1.29, 1.82) is 0 Å². The number of aryl methyl sites for hydroxylation is 1. The molecular weight excluding hydrogens is 390 g/mol. The van der Waals surface area contributed by atoms with Gasteiger partial charge in [0.25, 0.3) is 5.91 Å². The van der Waals surface area contributed by atoms with E-state index in [1.54, 1.807) is 41.8 Å². The Labute approximate surface area is 170 Å². The van der Waals surface area contributed by atoms with E-state index in [-0.39, 0.29) is 22.8 Å². The lowest BCUT2D eigenvalue weighted by Crippen LogP contribution is -2.31. The standard InChI is InChI=1S/C22H17NO5S/c1-12-4-9-16(25)15(11-12)23-19(13-5-7-14(24)8-6-13)18(21(27)22(23)28)20(26)17-3-2-10-29-17/h2-11,19,24-25,27H,1H3. The molecule has 1 atom stereocenters. The van der Waals surface area contributed by atoms with Crippen molar-refractivity contribution in [3.8, 4) is 11.5 Å². The highest BCUT2D eigenvalue weighted by atomic mass is 32.1. The molecule has 1 amide bonds. The molecule has 0 saturated heterocycles. The van der Waals surface area contributed by atoms with Gasteiger partial charge in [0.15, 0.2) is 5.76 Å². The maximum absolute atomic E-state index is 13.1. The summed E-state index contributed by atoms with van der Waals surface area (Å²) in [5, 5.41) is 32.4. The van der Waals surface area contributed by atoms with Gasteiger partial charge in [-0.3, -0.25) is 14.5 Å². The van der Waals surface area contributed by atoms with Gasteiger partial charge in [0, 0.05) is 0 Å². The average Bonchev–Trinajstić information content (AvgIpc) is 3.32. The molecule has 0 aliphatic carbocycles. The summed E-state index contributed by atoms with van der Waals surface area (Å²) in [5.41, 5.74) is 1.44. The van der Waals surface area contributed by atoms with Gasteiger partial charge in [0.2, 0.25) is 5.78 Å². The highest BCUT2D eigenvalue weighted by Gasteiger charge is 2.45. The van der Waals surface area contributed by atoms with E-state index in [1.165, 1.54) is 34.4 Å². The van der Waals surface area contributed by atoms with Crippen LogP contribution in [0, 0.1) is 6.92 Å². The molecule has 1 aliphatic heterocycles. The van der Waals surface area contributed by atoms with Crippen LogP contribution in [0.5, 0.6) is 11.5 Å². The number of anilines is 1. The van der Waals surface area contributed by atoms with Gasteiger partial charge in [-0.25, -0.2) is 0 Å². The normalized spacial score (nSPS) is 16.5. The molecule has 1 aliphatic rings. The summed E-state index contributed by atoms with van der Waals surface area (Å²) >= 11 is 1.21. The first-order valence-electron chi connectivity index (χ1n) is 8.82. The molecule has 0 radical (unpaired) electrons. The second-order valence-electron chi connectivity index (χ2n) is 6.73. The minimum absolute atomic E-state index is 0.0300. The van der Waals surface area contributed by atoms with E-state index < -0.39 is 23.5 Å². The van der Waals surface area contributed by atoms with Crippen molar-refractivity contribution in [2.75, 3.05) is 4.90 Å². The minimum atomic E-state index is -0.953. The summed E-state index contributed by atoms with van der Waals surface area (Å²) in [7, 11) is 0. The maximum Gasteiger partial charge on any atom is 0.294 e. The lowest BCUT2D eigenvalue weighted by atomic mass is 9.95. The van der Waals surface area contributed by atoms with Gasteiger partial charge in [0.1, 0.15) is 11.5 Å². The van der Waals surface area contributed by atoms with Gasteiger partial charge >= 0.3 is 0 Å². The topological polar surface area (TPSA) is 98.1 Å². The summed E-state index contributed by atoms with van der Waals surface area (Å²) < 4.78 is 0. The van der Waals surface area contributed by atoms with E-state index in [1.807, 2.05) is 6.92 Å². The van der Waals surface area contributed by atoms with Crippen molar-refractivity contribution >= 4 is 28.7 Å². The zero-order valence-electron chi connectivity index (χ0n) is 15.4. The quantitative estimate of drug-likeness (QED) is 0.562. The molecular formula is C22H17NO5S. The van der Waals surface area contributed by atoms with Crippen LogP contribution in [0.25, 0.3) is 0 Å². The minimum Gasteiger partial charge on any atom is -0.508 e. The largest absolute Gasteiger partial charge is 0.508 e. The van der Waals surface area contributed by atoms with Gasteiger partial charge in [0.05, 0.1) is 22.2 Å². The fourth-order valence-corrected chi connectivity index (χ4v) is 4.10. The maximum atomic E-state index is 13.1. The number of benzene rings is 2. The highest BCUT2D eigenvalue weighted by Crippen LogP contribution is 2.45. The number of carbonyl (C=O) groups is 2. The molecule has 0 spiro atoms. The number of hydrogen-bond donors (Lipinski definition) is 3. The van der Waals surface area contributed by atoms with Crippen LogP contribution in [0.2, 0.25) is 0 Å². The Morgan fingerprint density at radius 3 is 2.41 bits per heavy atom. The summed E-state index contributed by atoms with van der Waals surface area (Å²) in [5.74, 6) is -2.00. The van der Waals surface area contributed by atoms with Crippen molar-refractivity contribution in [3.05, 3.63) is 87.3 Å². The molecule has 146 valence electrons. The molecule has 0 bridgehead atoms. The number of phenols is 2. The Bertz CT molecular complexity index is 1130. The molecule has 3 aromatic rings. The predicted molar refractivity (Wildman–Crippen MR) is 109 cm³/mol. The number of aromatic hydroxyl groups is 2. The average molecular weight is 407 g/mol. The van der Waals surface area contributed by atoms with Crippen LogP contribution in [0.4, 0.5) is 5.69 Å². The Morgan fingerprint density at radius 1 is 1.03 bits per heavy atom. The molecule has 1 aromatic heterocycles. The Balaban J connectivity index is 1.92. The molecule has 29 heavy (non-hydrogen) atoms. The van der Waals surface area contributed by atoms with Gasteiger partial charge in [-0.05, 0) is 53.8 Å². The second-order valence-corrected chi connectivity index (χ2v) is 7.68. The molecule has 2 heterocycles. The van der Waals surface area contributed by atoms with Crippen LogP contribution in [0.1, 0.15) is 26.8 Å². The van der Waals surface area contributed by atoms with Gasteiger partial charge in [-0.15, -0.1) is 11.3 Å². The first-order valence-corrected chi connectivity index (χ1v) is 9.70. The van der Waals surface area contributed by atoms with Crippen LogP contribution in [0.3, 0.4) is 0 Å². The number of Topliss-reactive ketones (excluding diaryl/α,β-unsaturated/α-hetero) is 1. The number of rotatable bonds is 4. The number of amides is 1. The highest BCUT2D eigenvalue weighted by molar-refractivity contribution is 7.12. The lowest BCUT2D eigenvalue weighted by molar-refractivity contribution is -0.117. The monoisotopic (exact) mass is 407 g/mol. The van der Waals surface area contributed by atoms with E-state index in [0.717, 1.165) is 5.56 Å². The SMILES string of the molecule is Cc1ccc(O)c(N2C(=O)C(O)=C(C(=O)c3cccs3)C2c2ccc(O)cc2)c1. The van der Waals surface area contributed by atoms with Gasteiger partial charge in [-0.1, -0.05) is 24.3 Å². The lowest BCUT2D eigenvalue weighted by Gasteiger charge is -2.27. The molecule has 6 nitrogen and oxygen atoms in total. The summed E-state index contributed by atoms with van der Waals surface area (Å²) in [6.45, 7) is 1.81. The van der Waals surface area contributed by atoms with E-state index in [0.29, 0.717) is 10.4 Å². The number of ketones is 1. The van der Waals surface area contributed by atoms with Crippen molar-refractivity contribution in [2.24, 2.45) is 0 Å². The molecule has 4 rings (SSSR count). The molecule has 1 unspecified atom stereocenters. The van der Waals surface area contributed by atoms with E-state index in [9.17, 15) is 24.9 Å². The zero-order chi connectivity index (χ0) is 20.7. The van der Waals surface area contributed by atoms with Crippen LogP contribution in [-0.2, 0) is 4.79 Å². The fourth-order valence-electron chi connectivity index (χ4n) is 3.42. The summed E-state index contributed by atoms with van der Waals surface area (Å²) in [4.78, 5) is 27.8. The number of hydrogen-bond acceptors (Lipinski definition) is 6. The van der Waals surface area contributed by atoms with Crippen LogP contribution >= 0.6 is 11.3 Å². The van der Waals surface area contributed by atoms with E-state index in [4.69, 9.17) is 0 Å². The van der Waals surface area contributed by atoms with Gasteiger partial charge in [-0.2, -0.15) is 0 Å². The number of nitrogens with zero attached hydrogens (tertiary/aromatic N) is 1. The molecule has 3 N–H and O–H groups in total. The molecule has 0 saturated carbocycles. The van der Waals surface area contributed by atoms with E-state index >= 15 is 0 Å². The third kappa shape index (κ3) is 3.15. The third-order valence-corrected chi connectivity index (χ3v) is 5.67. The first-order chi connectivity index (χ1) is 13.9. The first kappa shape index (κ1) is 18.8.